The van der Waals surface area contributed by atoms with Crippen molar-refractivity contribution >= 4 is 33.2 Å². The second kappa shape index (κ2) is 8.14. The van der Waals surface area contributed by atoms with Crippen molar-refractivity contribution in [2.75, 3.05) is 7.11 Å². The summed E-state index contributed by atoms with van der Waals surface area (Å²) in [6, 6.07) is 15.3. The number of hydrogen-bond donors (Lipinski definition) is 2. The SMILES string of the molecule is COc1ccccc1CNCc1nc2scc(-c3ccc(Cl)cc3)c2c(=O)[nH]1. The number of nitrogens with zero attached hydrogens (tertiary/aromatic N) is 1. The minimum Gasteiger partial charge on any atom is -0.496 e. The summed E-state index contributed by atoms with van der Waals surface area (Å²) < 4.78 is 5.36. The van der Waals surface area contributed by atoms with E-state index in [1.165, 1.54) is 11.3 Å². The second-order valence-corrected chi connectivity index (χ2v) is 7.56. The maximum absolute atomic E-state index is 12.7. The molecule has 2 N–H and O–H groups in total. The van der Waals surface area contributed by atoms with Crippen LogP contribution in [0.1, 0.15) is 11.4 Å². The summed E-state index contributed by atoms with van der Waals surface area (Å²) >= 11 is 7.43. The molecule has 0 atom stereocenters. The molecule has 0 saturated carbocycles. The first kappa shape index (κ1) is 18.7. The van der Waals surface area contributed by atoms with Gasteiger partial charge in [-0.1, -0.05) is 41.9 Å². The van der Waals surface area contributed by atoms with E-state index in [4.69, 9.17) is 16.3 Å². The summed E-state index contributed by atoms with van der Waals surface area (Å²) in [4.78, 5) is 20.9. The minimum atomic E-state index is -0.134. The number of para-hydroxylation sites is 1. The molecule has 2 aromatic carbocycles. The molecule has 4 rings (SSSR count). The van der Waals surface area contributed by atoms with Crippen molar-refractivity contribution in [2.45, 2.75) is 13.1 Å². The predicted molar refractivity (Wildman–Crippen MR) is 114 cm³/mol. The lowest BCUT2D eigenvalue weighted by molar-refractivity contribution is 0.407. The molecule has 0 aliphatic heterocycles. The highest BCUT2D eigenvalue weighted by molar-refractivity contribution is 7.17. The monoisotopic (exact) mass is 411 g/mol. The number of H-pyrrole nitrogens is 1. The number of ether oxygens (including phenoxy) is 1. The van der Waals surface area contributed by atoms with Crippen LogP contribution in [0.5, 0.6) is 5.75 Å². The van der Waals surface area contributed by atoms with E-state index in [9.17, 15) is 4.79 Å². The Morgan fingerprint density at radius 2 is 1.93 bits per heavy atom. The molecule has 142 valence electrons. The van der Waals surface area contributed by atoms with E-state index in [0.717, 1.165) is 27.3 Å². The Morgan fingerprint density at radius 3 is 2.71 bits per heavy atom. The smallest absolute Gasteiger partial charge is 0.260 e. The molecule has 7 heteroatoms. The fraction of sp³-hybridized carbons (Fsp3) is 0.143. The predicted octanol–water partition coefficient (Wildman–Crippen LogP) is 4.60. The van der Waals surface area contributed by atoms with Gasteiger partial charge in [0.1, 0.15) is 16.4 Å². The van der Waals surface area contributed by atoms with Crippen molar-refractivity contribution in [2.24, 2.45) is 0 Å². The highest BCUT2D eigenvalue weighted by Gasteiger charge is 2.13. The van der Waals surface area contributed by atoms with Crippen LogP contribution in [-0.4, -0.2) is 17.1 Å². The molecule has 0 saturated heterocycles. The Kier molecular flexibility index (Phi) is 5.43. The molecule has 0 aliphatic carbocycles. The lowest BCUT2D eigenvalue weighted by atomic mass is 10.1. The first-order valence-electron chi connectivity index (χ1n) is 8.74. The van der Waals surface area contributed by atoms with Crippen molar-refractivity contribution in [3.05, 3.63) is 80.7 Å². The minimum absolute atomic E-state index is 0.134. The molecule has 2 aromatic heterocycles. The average molecular weight is 412 g/mol. The molecule has 4 aromatic rings. The quantitative estimate of drug-likeness (QED) is 0.486. The average Bonchev–Trinajstić information content (AvgIpc) is 3.13. The van der Waals surface area contributed by atoms with Gasteiger partial charge < -0.3 is 15.0 Å². The van der Waals surface area contributed by atoms with E-state index in [2.05, 4.69) is 15.3 Å². The molecule has 5 nitrogen and oxygen atoms in total. The molecule has 0 spiro atoms. The summed E-state index contributed by atoms with van der Waals surface area (Å²) in [5.41, 5.74) is 2.74. The van der Waals surface area contributed by atoms with Gasteiger partial charge in [-0.2, -0.15) is 0 Å². The zero-order valence-corrected chi connectivity index (χ0v) is 16.7. The molecule has 0 radical (unpaired) electrons. The van der Waals surface area contributed by atoms with Crippen LogP contribution in [0, 0.1) is 0 Å². The van der Waals surface area contributed by atoms with Crippen LogP contribution < -0.4 is 15.6 Å². The number of nitrogens with one attached hydrogen (secondary N) is 2. The van der Waals surface area contributed by atoms with E-state index < -0.39 is 0 Å². The summed E-state index contributed by atoms with van der Waals surface area (Å²) in [6.07, 6.45) is 0. The fourth-order valence-corrected chi connectivity index (χ4v) is 4.18. The molecule has 0 bridgehead atoms. The second-order valence-electron chi connectivity index (χ2n) is 6.26. The molecule has 28 heavy (non-hydrogen) atoms. The lowest BCUT2D eigenvalue weighted by Gasteiger charge is -2.09. The number of hydrogen-bond acceptors (Lipinski definition) is 5. The number of methoxy groups -OCH3 is 1. The van der Waals surface area contributed by atoms with Gasteiger partial charge >= 0.3 is 0 Å². The highest BCUT2D eigenvalue weighted by Crippen LogP contribution is 2.31. The Morgan fingerprint density at radius 1 is 1.14 bits per heavy atom. The molecule has 0 aliphatic rings. The first-order valence-corrected chi connectivity index (χ1v) is 10.0. The highest BCUT2D eigenvalue weighted by atomic mass is 35.5. The topological polar surface area (TPSA) is 67.0 Å². The van der Waals surface area contributed by atoms with E-state index >= 15 is 0 Å². The largest absolute Gasteiger partial charge is 0.496 e. The van der Waals surface area contributed by atoms with Gasteiger partial charge in [0.15, 0.2) is 0 Å². The van der Waals surface area contributed by atoms with E-state index in [1.54, 1.807) is 7.11 Å². The van der Waals surface area contributed by atoms with Crippen molar-refractivity contribution in [1.82, 2.24) is 15.3 Å². The maximum atomic E-state index is 12.7. The normalized spacial score (nSPS) is 11.1. The van der Waals surface area contributed by atoms with Gasteiger partial charge in [0.2, 0.25) is 0 Å². The van der Waals surface area contributed by atoms with Gasteiger partial charge in [0, 0.05) is 28.1 Å². The maximum Gasteiger partial charge on any atom is 0.260 e. The van der Waals surface area contributed by atoms with Gasteiger partial charge in [0.25, 0.3) is 5.56 Å². The Bertz CT molecular complexity index is 1170. The molecule has 0 amide bonds. The zero-order chi connectivity index (χ0) is 19.5. The van der Waals surface area contributed by atoms with Gasteiger partial charge in [-0.3, -0.25) is 4.79 Å². The van der Waals surface area contributed by atoms with Gasteiger partial charge in [-0.25, -0.2) is 4.98 Å². The number of rotatable bonds is 6. The number of aromatic amines is 1. The van der Waals surface area contributed by atoms with Gasteiger partial charge in [0.05, 0.1) is 19.0 Å². The molecule has 0 fully saturated rings. The van der Waals surface area contributed by atoms with E-state index in [0.29, 0.717) is 29.3 Å². The van der Waals surface area contributed by atoms with Crippen LogP contribution in [0.2, 0.25) is 5.02 Å². The van der Waals surface area contributed by atoms with Crippen molar-refractivity contribution in [3.63, 3.8) is 0 Å². The Balaban J connectivity index is 1.55. The number of fused-ring (bicyclic) bond motifs is 1. The third kappa shape index (κ3) is 3.80. The van der Waals surface area contributed by atoms with Gasteiger partial charge in [-0.05, 0) is 23.8 Å². The third-order valence-electron chi connectivity index (χ3n) is 4.45. The van der Waals surface area contributed by atoms with Gasteiger partial charge in [-0.15, -0.1) is 11.3 Å². The summed E-state index contributed by atoms with van der Waals surface area (Å²) in [5.74, 6) is 1.44. The number of thiophene rings is 1. The van der Waals surface area contributed by atoms with Crippen LogP contribution in [0.25, 0.3) is 21.3 Å². The van der Waals surface area contributed by atoms with Crippen LogP contribution >= 0.6 is 22.9 Å². The molecule has 2 heterocycles. The third-order valence-corrected chi connectivity index (χ3v) is 5.57. The first-order chi connectivity index (χ1) is 13.7. The summed E-state index contributed by atoms with van der Waals surface area (Å²) in [5, 5.41) is 6.54. The number of benzene rings is 2. The standard InChI is InChI=1S/C21H18ClN3O2S/c1-27-17-5-3-2-4-14(17)10-23-11-18-24-20(26)19-16(12-28-21(19)25-18)13-6-8-15(22)9-7-13/h2-9,12,23H,10-11H2,1H3,(H,24,25,26). The molecule has 0 unspecified atom stereocenters. The molecular weight excluding hydrogens is 394 g/mol. The zero-order valence-electron chi connectivity index (χ0n) is 15.2. The molecular formula is C21H18ClN3O2S. The van der Waals surface area contributed by atoms with Crippen LogP contribution in [0.4, 0.5) is 0 Å². The Labute approximate surface area is 171 Å². The number of aromatic nitrogens is 2. The van der Waals surface area contributed by atoms with Crippen LogP contribution in [0.3, 0.4) is 0 Å². The fourth-order valence-electron chi connectivity index (χ4n) is 3.08. The van der Waals surface area contributed by atoms with E-state index in [-0.39, 0.29) is 5.56 Å². The van der Waals surface area contributed by atoms with E-state index in [1.807, 2.05) is 53.9 Å². The van der Waals surface area contributed by atoms with Crippen molar-refractivity contribution in [3.8, 4) is 16.9 Å². The van der Waals surface area contributed by atoms with Crippen molar-refractivity contribution in [1.29, 1.82) is 0 Å². The lowest BCUT2D eigenvalue weighted by Crippen LogP contribution is -2.19. The van der Waals surface area contributed by atoms with Crippen LogP contribution in [-0.2, 0) is 13.1 Å². The summed E-state index contributed by atoms with van der Waals surface area (Å²) in [6.45, 7) is 1.07. The number of halogens is 1. The Hall–Kier alpha value is -2.67. The van der Waals surface area contributed by atoms with Crippen LogP contribution in [0.15, 0.2) is 58.7 Å². The summed E-state index contributed by atoms with van der Waals surface area (Å²) in [7, 11) is 1.65. The van der Waals surface area contributed by atoms with Crippen molar-refractivity contribution < 1.29 is 4.74 Å².